The SMILES string of the molecule is Fc1cccc2ccc3cccc(F)c3c12. The molecule has 0 amide bonds. The summed E-state index contributed by atoms with van der Waals surface area (Å²) in [6, 6.07) is 13.1. The zero-order chi connectivity index (χ0) is 11.1. The van der Waals surface area contributed by atoms with E-state index in [1.54, 1.807) is 36.4 Å². The summed E-state index contributed by atoms with van der Waals surface area (Å²) < 4.78 is 27.5. The van der Waals surface area contributed by atoms with Crippen LogP contribution in [-0.4, -0.2) is 0 Å². The third kappa shape index (κ3) is 1.20. The second-order valence-corrected chi connectivity index (χ2v) is 3.74. The number of rotatable bonds is 0. The van der Waals surface area contributed by atoms with Crippen molar-refractivity contribution >= 4 is 21.5 Å². The van der Waals surface area contributed by atoms with Crippen molar-refractivity contribution in [2.45, 2.75) is 0 Å². The van der Waals surface area contributed by atoms with Crippen LogP contribution >= 0.6 is 0 Å². The predicted octanol–water partition coefficient (Wildman–Crippen LogP) is 4.27. The van der Waals surface area contributed by atoms with E-state index in [9.17, 15) is 8.78 Å². The molecule has 0 aliphatic heterocycles. The molecule has 3 aromatic rings. The number of hydrogen-bond donors (Lipinski definition) is 0. The summed E-state index contributed by atoms with van der Waals surface area (Å²) in [6.07, 6.45) is 0. The van der Waals surface area contributed by atoms with Gasteiger partial charge in [-0.1, -0.05) is 36.4 Å². The lowest BCUT2D eigenvalue weighted by Gasteiger charge is -2.05. The first-order valence-electron chi connectivity index (χ1n) is 5.03. The molecule has 0 N–H and O–H groups in total. The smallest absolute Gasteiger partial charge is 0.131 e. The molecule has 0 radical (unpaired) electrons. The minimum Gasteiger partial charge on any atom is -0.206 e. The highest BCUT2D eigenvalue weighted by molar-refractivity contribution is 6.07. The second-order valence-electron chi connectivity index (χ2n) is 3.74. The van der Waals surface area contributed by atoms with E-state index in [4.69, 9.17) is 0 Å². The van der Waals surface area contributed by atoms with Crippen molar-refractivity contribution in [1.82, 2.24) is 0 Å². The van der Waals surface area contributed by atoms with Gasteiger partial charge in [0.1, 0.15) is 11.6 Å². The van der Waals surface area contributed by atoms with Crippen LogP contribution in [0.2, 0.25) is 0 Å². The predicted molar refractivity (Wildman–Crippen MR) is 61.4 cm³/mol. The van der Waals surface area contributed by atoms with Gasteiger partial charge in [0.2, 0.25) is 0 Å². The van der Waals surface area contributed by atoms with Gasteiger partial charge in [-0.05, 0) is 22.9 Å². The molecule has 78 valence electrons. The number of halogens is 2. The molecule has 0 unspecified atom stereocenters. The van der Waals surface area contributed by atoms with E-state index in [0.29, 0.717) is 10.8 Å². The molecule has 0 saturated heterocycles. The maximum atomic E-state index is 13.7. The van der Waals surface area contributed by atoms with E-state index >= 15 is 0 Å². The zero-order valence-electron chi connectivity index (χ0n) is 8.37. The summed E-state index contributed by atoms with van der Waals surface area (Å²) in [5.41, 5.74) is 0. The first kappa shape index (κ1) is 9.28. The third-order valence-corrected chi connectivity index (χ3v) is 2.78. The molecule has 0 bridgehead atoms. The zero-order valence-corrected chi connectivity index (χ0v) is 8.37. The Balaban J connectivity index is 2.67. The van der Waals surface area contributed by atoms with Crippen LogP contribution in [0.5, 0.6) is 0 Å². The van der Waals surface area contributed by atoms with Crippen molar-refractivity contribution < 1.29 is 8.78 Å². The van der Waals surface area contributed by atoms with Gasteiger partial charge in [-0.25, -0.2) is 8.78 Å². The summed E-state index contributed by atoms with van der Waals surface area (Å²) in [5, 5.41) is 2.16. The van der Waals surface area contributed by atoms with Crippen LogP contribution in [0.1, 0.15) is 0 Å². The van der Waals surface area contributed by atoms with Gasteiger partial charge in [0.25, 0.3) is 0 Å². The Kier molecular flexibility index (Phi) is 1.90. The Labute approximate surface area is 91.1 Å². The quantitative estimate of drug-likeness (QED) is 0.490. The van der Waals surface area contributed by atoms with Crippen LogP contribution in [-0.2, 0) is 0 Å². The van der Waals surface area contributed by atoms with Crippen LogP contribution < -0.4 is 0 Å². The molecular formula is C14H8F2. The van der Waals surface area contributed by atoms with Gasteiger partial charge in [-0.2, -0.15) is 0 Å². The van der Waals surface area contributed by atoms with Crippen LogP contribution in [0.3, 0.4) is 0 Å². The number of hydrogen-bond acceptors (Lipinski definition) is 0. The van der Waals surface area contributed by atoms with E-state index in [0.717, 1.165) is 10.8 Å². The van der Waals surface area contributed by atoms with E-state index < -0.39 is 0 Å². The third-order valence-electron chi connectivity index (χ3n) is 2.78. The normalized spacial score (nSPS) is 11.1. The Morgan fingerprint density at radius 2 is 1.00 bits per heavy atom. The number of fused-ring (bicyclic) bond motifs is 3. The molecule has 0 spiro atoms. The summed E-state index contributed by atoms with van der Waals surface area (Å²) in [5.74, 6) is -0.763. The van der Waals surface area contributed by atoms with Crippen molar-refractivity contribution in [3.05, 3.63) is 60.2 Å². The van der Waals surface area contributed by atoms with Gasteiger partial charge < -0.3 is 0 Å². The molecule has 2 heteroatoms. The first-order chi connectivity index (χ1) is 7.77. The Morgan fingerprint density at radius 1 is 0.562 bits per heavy atom. The van der Waals surface area contributed by atoms with Gasteiger partial charge in [-0.15, -0.1) is 0 Å². The Morgan fingerprint density at radius 3 is 1.44 bits per heavy atom. The highest BCUT2D eigenvalue weighted by atomic mass is 19.1. The first-order valence-corrected chi connectivity index (χ1v) is 5.03. The number of benzene rings is 3. The maximum absolute atomic E-state index is 13.7. The Bertz CT molecular complexity index is 626. The summed E-state index contributed by atoms with van der Waals surface area (Å²) in [7, 11) is 0. The molecule has 16 heavy (non-hydrogen) atoms. The largest absolute Gasteiger partial charge is 0.206 e. The summed E-state index contributed by atoms with van der Waals surface area (Å²) in [6.45, 7) is 0. The standard InChI is InChI=1S/C14H8F2/c15-11-5-1-3-9-7-8-10-4-2-6-12(16)14(10)13(9)11/h1-8H. The molecule has 0 heterocycles. The van der Waals surface area contributed by atoms with Crippen molar-refractivity contribution in [2.75, 3.05) is 0 Å². The summed E-state index contributed by atoms with van der Waals surface area (Å²) in [4.78, 5) is 0. The summed E-state index contributed by atoms with van der Waals surface area (Å²) >= 11 is 0. The Hall–Kier alpha value is -1.96. The van der Waals surface area contributed by atoms with E-state index in [1.165, 1.54) is 12.1 Å². The van der Waals surface area contributed by atoms with Crippen molar-refractivity contribution in [2.24, 2.45) is 0 Å². The van der Waals surface area contributed by atoms with Gasteiger partial charge in [0.15, 0.2) is 0 Å². The van der Waals surface area contributed by atoms with Gasteiger partial charge >= 0.3 is 0 Å². The lowest BCUT2D eigenvalue weighted by atomic mass is 10.0. The second kappa shape index (κ2) is 3.27. The molecule has 0 aliphatic carbocycles. The highest BCUT2D eigenvalue weighted by Gasteiger charge is 2.08. The monoisotopic (exact) mass is 214 g/mol. The van der Waals surface area contributed by atoms with Crippen molar-refractivity contribution in [1.29, 1.82) is 0 Å². The van der Waals surface area contributed by atoms with E-state index in [1.807, 2.05) is 0 Å². The molecule has 0 nitrogen and oxygen atoms in total. The fraction of sp³-hybridized carbons (Fsp3) is 0. The topological polar surface area (TPSA) is 0 Å². The maximum Gasteiger partial charge on any atom is 0.131 e. The highest BCUT2D eigenvalue weighted by Crippen LogP contribution is 2.29. The molecule has 0 aliphatic rings. The molecular weight excluding hydrogens is 206 g/mol. The van der Waals surface area contributed by atoms with Crippen molar-refractivity contribution in [3.63, 3.8) is 0 Å². The average molecular weight is 214 g/mol. The molecule has 0 fully saturated rings. The van der Waals surface area contributed by atoms with Crippen LogP contribution in [0.25, 0.3) is 21.5 Å². The van der Waals surface area contributed by atoms with E-state index in [2.05, 4.69) is 0 Å². The van der Waals surface area contributed by atoms with Gasteiger partial charge in [-0.3, -0.25) is 0 Å². The molecule has 3 rings (SSSR count). The van der Waals surface area contributed by atoms with Crippen LogP contribution in [0, 0.1) is 11.6 Å². The van der Waals surface area contributed by atoms with Gasteiger partial charge in [0, 0.05) is 10.8 Å². The lowest BCUT2D eigenvalue weighted by molar-refractivity contribution is 0.632. The average Bonchev–Trinajstić information content (AvgIpc) is 2.29. The van der Waals surface area contributed by atoms with E-state index in [-0.39, 0.29) is 11.6 Å². The van der Waals surface area contributed by atoms with Crippen molar-refractivity contribution in [3.8, 4) is 0 Å². The minimum absolute atomic E-state index is 0.359. The molecule has 0 aromatic heterocycles. The van der Waals surface area contributed by atoms with Crippen LogP contribution in [0.15, 0.2) is 48.5 Å². The lowest BCUT2D eigenvalue weighted by Crippen LogP contribution is -1.85. The van der Waals surface area contributed by atoms with Crippen LogP contribution in [0.4, 0.5) is 8.78 Å². The molecule has 3 aromatic carbocycles. The fourth-order valence-corrected chi connectivity index (χ4v) is 2.07. The molecule has 0 atom stereocenters. The van der Waals surface area contributed by atoms with Gasteiger partial charge in [0.05, 0.1) is 0 Å². The molecule has 0 saturated carbocycles. The fourth-order valence-electron chi connectivity index (χ4n) is 2.07. The minimum atomic E-state index is -0.381.